The van der Waals surface area contributed by atoms with Crippen LogP contribution in [0.25, 0.3) is 0 Å². The number of hydrogen-bond donors (Lipinski definition) is 4. The van der Waals surface area contributed by atoms with E-state index in [1.54, 1.807) is 0 Å². The molecule has 0 saturated heterocycles. The maximum atomic E-state index is 8.28. The first-order chi connectivity index (χ1) is 4.81. The fraction of sp³-hybridized carbons (Fsp3) is 1.00. The molecule has 10 heavy (non-hydrogen) atoms. The molecule has 0 aromatic rings. The fourth-order valence-corrected chi connectivity index (χ4v) is 0.787. The lowest BCUT2D eigenvalue weighted by Crippen LogP contribution is -2.18. The summed E-state index contributed by atoms with van der Waals surface area (Å²) in [5.41, 5.74) is 4.19. The summed E-state index contributed by atoms with van der Waals surface area (Å²) in [6.07, 6.45) is 1.93. The quantitative estimate of drug-likeness (QED) is 0.324. The van der Waals surface area contributed by atoms with E-state index in [0.717, 1.165) is 12.8 Å². The second kappa shape index (κ2) is 6.95. The van der Waals surface area contributed by atoms with E-state index >= 15 is 0 Å². The standard InChI is InChI=1S/C6H16N2O2/c1-6(5-8-10)3-2-4-7-9/h6-10H,2-5H2,1H3. The Hall–Kier alpha value is -0.160. The Labute approximate surface area is 61.2 Å². The van der Waals surface area contributed by atoms with Crippen LogP contribution >= 0.6 is 0 Å². The van der Waals surface area contributed by atoms with Crippen LogP contribution in [0.1, 0.15) is 19.8 Å². The summed E-state index contributed by atoms with van der Waals surface area (Å²) in [6.45, 7) is 3.28. The summed E-state index contributed by atoms with van der Waals surface area (Å²) in [6, 6.07) is 0. The van der Waals surface area contributed by atoms with Crippen molar-refractivity contribution in [1.82, 2.24) is 11.0 Å². The SMILES string of the molecule is CC(CCCNO)CNO. The molecule has 0 heterocycles. The predicted molar refractivity (Wildman–Crippen MR) is 38.0 cm³/mol. The van der Waals surface area contributed by atoms with Gasteiger partial charge in [0.15, 0.2) is 0 Å². The molecule has 0 spiro atoms. The highest BCUT2D eigenvalue weighted by atomic mass is 16.5. The Kier molecular flexibility index (Phi) is 6.84. The lowest BCUT2D eigenvalue weighted by Gasteiger charge is -2.08. The minimum atomic E-state index is 0.457. The molecule has 62 valence electrons. The van der Waals surface area contributed by atoms with Crippen molar-refractivity contribution < 1.29 is 10.4 Å². The van der Waals surface area contributed by atoms with Crippen molar-refractivity contribution in [1.29, 1.82) is 0 Å². The average molecular weight is 148 g/mol. The molecule has 0 aromatic heterocycles. The molecule has 0 saturated carbocycles. The van der Waals surface area contributed by atoms with Crippen molar-refractivity contribution >= 4 is 0 Å². The first-order valence-corrected chi connectivity index (χ1v) is 3.55. The van der Waals surface area contributed by atoms with Gasteiger partial charge >= 0.3 is 0 Å². The smallest absolute Gasteiger partial charge is 0.0233 e. The topological polar surface area (TPSA) is 64.5 Å². The molecule has 0 bridgehead atoms. The van der Waals surface area contributed by atoms with Crippen molar-refractivity contribution in [2.45, 2.75) is 19.8 Å². The van der Waals surface area contributed by atoms with Gasteiger partial charge in [0.2, 0.25) is 0 Å². The summed E-state index contributed by atoms with van der Waals surface area (Å²) >= 11 is 0. The van der Waals surface area contributed by atoms with Crippen LogP contribution in [0.5, 0.6) is 0 Å². The molecule has 1 unspecified atom stereocenters. The van der Waals surface area contributed by atoms with Crippen LogP contribution in [0.15, 0.2) is 0 Å². The van der Waals surface area contributed by atoms with Crippen LogP contribution in [0.3, 0.4) is 0 Å². The van der Waals surface area contributed by atoms with Gasteiger partial charge in [-0.1, -0.05) is 6.92 Å². The average Bonchev–Trinajstić information content (AvgIpc) is 1.89. The highest BCUT2D eigenvalue weighted by Gasteiger charge is 1.98. The van der Waals surface area contributed by atoms with Crippen molar-refractivity contribution in [3.63, 3.8) is 0 Å². The third kappa shape index (κ3) is 5.97. The lowest BCUT2D eigenvalue weighted by atomic mass is 10.1. The predicted octanol–water partition coefficient (Wildman–Crippen LogP) is 0.360. The van der Waals surface area contributed by atoms with Gasteiger partial charge in [-0.2, -0.15) is 0 Å². The zero-order valence-corrected chi connectivity index (χ0v) is 6.30. The number of hydroxylamine groups is 2. The minimum Gasteiger partial charge on any atom is -0.317 e. The van der Waals surface area contributed by atoms with Crippen LogP contribution in [0, 0.1) is 5.92 Å². The van der Waals surface area contributed by atoms with Gasteiger partial charge in [0.25, 0.3) is 0 Å². The molecule has 0 amide bonds. The molecule has 0 aliphatic heterocycles. The third-order valence-electron chi connectivity index (χ3n) is 1.43. The van der Waals surface area contributed by atoms with Gasteiger partial charge in [-0.3, -0.25) is 0 Å². The zero-order chi connectivity index (χ0) is 7.82. The number of rotatable bonds is 6. The highest BCUT2D eigenvalue weighted by Crippen LogP contribution is 2.01. The molecule has 0 aromatic carbocycles. The molecule has 0 aliphatic carbocycles. The summed E-state index contributed by atoms with van der Waals surface area (Å²) in [5, 5.41) is 16.5. The zero-order valence-electron chi connectivity index (χ0n) is 6.30. The van der Waals surface area contributed by atoms with Crippen molar-refractivity contribution in [2.24, 2.45) is 5.92 Å². The molecule has 0 aliphatic rings. The molecule has 1 atom stereocenters. The van der Waals surface area contributed by atoms with Crippen LogP contribution in [-0.2, 0) is 0 Å². The van der Waals surface area contributed by atoms with Gasteiger partial charge in [-0.15, -0.1) is 0 Å². The Morgan fingerprint density at radius 2 is 2.00 bits per heavy atom. The molecule has 4 N–H and O–H groups in total. The van der Waals surface area contributed by atoms with Gasteiger partial charge in [0.05, 0.1) is 0 Å². The Balaban J connectivity index is 2.97. The maximum Gasteiger partial charge on any atom is 0.0233 e. The molecule has 0 fully saturated rings. The van der Waals surface area contributed by atoms with E-state index in [4.69, 9.17) is 10.4 Å². The largest absolute Gasteiger partial charge is 0.317 e. The molecular formula is C6H16N2O2. The second-order valence-corrected chi connectivity index (χ2v) is 2.52. The van der Waals surface area contributed by atoms with Crippen LogP contribution < -0.4 is 11.0 Å². The lowest BCUT2D eigenvalue weighted by molar-refractivity contribution is 0.143. The van der Waals surface area contributed by atoms with Crippen molar-refractivity contribution in [3.05, 3.63) is 0 Å². The summed E-state index contributed by atoms with van der Waals surface area (Å²) < 4.78 is 0. The van der Waals surface area contributed by atoms with Crippen molar-refractivity contribution in [2.75, 3.05) is 13.1 Å². The van der Waals surface area contributed by atoms with E-state index in [0.29, 0.717) is 19.0 Å². The first-order valence-electron chi connectivity index (χ1n) is 3.55. The third-order valence-corrected chi connectivity index (χ3v) is 1.43. The van der Waals surface area contributed by atoms with Gasteiger partial charge in [-0.05, 0) is 18.8 Å². The molecular weight excluding hydrogens is 132 g/mol. The first kappa shape index (κ1) is 9.84. The second-order valence-electron chi connectivity index (χ2n) is 2.52. The molecule has 4 nitrogen and oxygen atoms in total. The van der Waals surface area contributed by atoms with E-state index in [1.807, 2.05) is 6.92 Å². The fourth-order valence-electron chi connectivity index (χ4n) is 0.787. The Morgan fingerprint density at radius 3 is 2.50 bits per heavy atom. The van der Waals surface area contributed by atoms with Gasteiger partial charge in [-0.25, -0.2) is 11.0 Å². The van der Waals surface area contributed by atoms with E-state index in [2.05, 4.69) is 11.0 Å². The van der Waals surface area contributed by atoms with Crippen molar-refractivity contribution in [3.8, 4) is 0 Å². The minimum absolute atomic E-state index is 0.457. The maximum absolute atomic E-state index is 8.28. The number of hydrogen-bond acceptors (Lipinski definition) is 4. The molecule has 0 radical (unpaired) electrons. The van der Waals surface area contributed by atoms with E-state index in [1.165, 1.54) is 0 Å². The Bertz CT molecular complexity index is 70.8. The molecule has 0 rings (SSSR count). The summed E-state index contributed by atoms with van der Waals surface area (Å²) in [4.78, 5) is 0. The van der Waals surface area contributed by atoms with E-state index in [-0.39, 0.29) is 0 Å². The van der Waals surface area contributed by atoms with E-state index in [9.17, 15) is 0 Å². The monoisotopic (exact) mass is 148 g/mol. The normalized spacial score (nSPS) is 13.5. The van der Waals surface area contributed by atoms with Crippen LogP contribution in [0.4, 0.5) is 0 Å². The highest BCUT2D eigenvalue weighted by molar-refractivity contribution is 4.53. The summed E-state index contributed by atoms with van der Waals surface area (Å²) in [5.74, 6) is 0.457. The molecule has 4 heteroatoms. The summed E-state index contributed by atoms with van der Waals surface area (Å²) in [7, 11) is 0. The van der Waals surface area contributed by atoms with Gasteiger partial charge in [0.1, 0.15) is 0 Å². The Morgan fingerprint density at radius 1 is 1.30 bits per heavy atom. The van der Waals surface area contributed by atoms with Gasteiger partial charge < -0.3 is 10.4 Å². The van der Waals surface area contributed by atoms with Crippen LogP contribution in [0.2, 0.25) is 0 Å². The number of nitrogens with one attached hydrogen (secondary N) is 2. The van der Waals surface area contributed by atoms with E-state index < -0.39 is 0 Å². The van der Waals surface area contributed by atoms with Gasteiger partial charge in [0, 0.05) is 13.1 Å². The van der Waals surface area contributed by atoms with Crippen LogP contribution in [-0.4, -0.2) is 23.5 Å².